The fourth-order valence-electron chi connectivity index (χ4n) is 1.70. The zero-order valence-electron chi connectivity index (χ0n) is 11.4. The summed E-state index contributed by atoms with van der Waals surface area (Å²) in [5, 5.41) is 9.69. The van der Waals surface area contributed by atoms with Gasteiger partial charge in [0.25, 0.3) is 0 Å². The number of halogens is 1. The maximum absolute atomic E-state index is 9.20. The quantitative estimate of drug-likeness (QED) is 0.701. The van der Waals surface area contributed by atoms with Gasteiger partial charge < -0.3 is 19.5 Å². The highest BCUT2D eigenvalue weighted by molar-refractivity contribution is 6.31. The van der Waals surface area contributed by atoms with Crippen LogP contribution in [0.2, 0.25) is 5.02 Å². The number of pyridine rings is 1. The number of hydrogen-bond donors (Lipinski definition) is 1. The van der Waals surface area contributed by atoms with Gasteiger partial charge in [0.2, 0.25) is 0 Å². The van der Waals surface area contributed by atoms with Crippen LogP contribution in [0.15, 0.2) is 12.1 Å². The van der Waals surface area contributed by atoms with Crippen molar-refractivity contribution < 1.29 is 14.6 Å². The summed E-state index contributed by atoms with van der Waals surface area (Å²) in [7, 11) is 3.35. The average Bonchev–Trinajstić information content (AvgIpc) is 2.43. The van der Waals surface area contributed by atoms with Crippen LogP contribution in [-0.2, 0) is 16.1 Å². The van der Waals surface area contributed by atoms with Gasteiger partial charge in [-0.1, -0.05) is 11.6 Å². The summed E-state index contributed by atoms with van der Waals surface area (Å²) in [4.78, 5) is 6.47. The predicted octanol–water partition coefficient (Wildman–Crippen LogP) is 1.72. The van der Waals surface area contributed by atoms with E-state index in [9.17, 15) is 5.11 Å². The molecule has 108 valence electrons. The Kier molecular flexibility index (Phi) is 7.74. The maximum atomic E-state index is 9.20. The zero-order valence-corrected chi connectivity index (χ0v) is 12.2. The Balaban J connectivity index is 2.76. The van der Waals surface area contributed by atoms with Gasteiger partial charge >= 0.3 is 0 Å². The summed E-state index contributed by atoms with van der Waals surface area (Å²) >= 11 is 5.95. The molecule has 1 heterocycles. The van der Waals surface area contributed by atoms with Gasteiger partial charge in [0.1, 0.15) is 5.82 Å². The summed E-state index contributed by atoms with van der Waals surface area (Å²) in [6.45, 7) is 2.70. The molecule has 0 unspecified atom stereocenters. The molecule has 1 N–H and O–H groups in total. The van der Waals surface area contributed by atoms with Crippen LogP contribution in [0.25, 0.3) is 0 Å². The minimum absolute atomic E-state index is 0.164. The van der Waals surface area contributed by atoms with Gasteiger partial charge in [-0.3, -0.25) is 0 Å². The van der Waals surface area contributed by atoms with Crippen molar-refractivity contribution in [1.29, 1.82) is 0 Å². The minimum Gasteiger partial charge on any atom is -0.390 e. The van der Waals surface area contributed by atoms with Gasteiger partial charge in [0.15, 0.2) is 0 Å². The van der Waals surface area contributed by atoms with Crippen molar-refractivity contribution in [3.8, 4) is 0 Å². The molecule has 6 heteroatoms. The highest BCUT2D eigenvalue weighted by atomic mass is 35.5. The Bertz CT molecular complexity index is 377. The van der Waals surface area contributed by atoms with Gasteiger partial charge in [-0.25, -0.2) is 4.98 Å². The molecule has 0 aliphatic carbocycles. The minimum atomic E-state index is -0.164. The highest BCUT2D eigenvalue weighted by Crippen LogP contribution is 2.19. The lowest BCUT2D eigenvalue weighted by molar-refractivity contribution is 0.191. The molecule has 0 spiro atoms. The molecule has 0 aliphatic rings. The van der Waals surface area contributed by atoms with E-state index in [0.717, 1.165) is 25.3 Å². The van der Waals surface area contributed by atoms with Gasteiger partial charge in [0.05, 0.1) is 23.9 Å². The molecule has 0 aliphatic heterocycles. The smallest absolute Gasteiger partial charge is 0.129 e. The number of rotatable bonds is 9. The van der Waals surface area contributed by atoms with E-state index in [1.165, 1.54) is 0 Å². The molecule has 0 saturated carbocycles. The number of nitrogens with zero attached hydrogens (tertiary/aromatic N) is 2. The molecule has 0 radical (unpaired) electrons. The second kappa shape index (κ2) is 9.09. The van der Waals surface area contributed by atoms with Crippen molar-refractivity contribution in [2.24, 2.45) is 0 Å². The third-order valence-electron chi connectivity index (χ3n) is 2.72. The molecule has 1 rings (SSSR count). The van der Waals surface area contributed by atoms with Gasteiger partial charge in [-0.15, -0.1) is 0 Å². The molecule has 1 aromatic heterocycles. The lowest BCUT2D eigenvalue weighted by Gasteiger charge is -2.24. The van der Waals surface area contributed by atoms with Crippen molar-refractivity contribution in [1.82, 2.24) is 4.98 Å². The molecule has 1 aromatic rings. The van der Waals surface area contributed by atoms with Crippen LogP contribution in [0, 0.1) is 0 Å². The number of hydrogen-bond acceptors (Lipinski definition) is 5. The summed E-state index contributed by atoms with van der Waals surface area (Å²) in [6, 6.07) is 3.61. The first kappa shape index (κ1) is 16.2. The Morgan fingerprint density at radius 2 is 1.95 bits per heavy atom. The summed E-state index contributed by atoms with van der Waals surface area (Å²) in [6.07, 6.45) is 0.902. The molecule has 5 nitrogen and oxygen atoms in total. The fraction of sp³-hybridized carbons (Fsp3) is 0.615. The van der Waals surface area contributed by atoms with E-state index in [1.807, 2.05) is 6.07 Å². The molecular weight excluding hydrogens is 268 g/mol. The van der Waals surface area contributed by atoms with E-state index in [-0.39, 0.29) is 6.61 Å². The number of anilines is 1. The maximum Gasteiger partial charge on any atom is 0.129 e. The lowest BCUT2D eigenvalue weighted by Crippen LogP contribution is -2.30. The molecular formula is C13H21ClN2O3. The SMILES string of the molecule is COCCCN(CCOC)c1ccc(Cl)c(CO)n1. The van der Waals surface area contributed by atoms with E-state index >= 15 is 0 Å². The number of aromatic nitrogens is 1. The monoisotopic (exact) mass is 288 g/mol. The highest BCUT2D eigenvalue weighted by Gasteiger charge is 2.10. The molecule has 19 heavy (non-hydrogen) atoms. The zero-order chi connectivity index (χ0) is 14.1. The van der Waals surface area contributed by atoms with Crippen molar-refractivity contribution in [2.45, 2.75) is 13.0 Å². The van der Waals surface area contributed by atoms with Crippen molar-refractivity contribution in [2.75, 3.05) is 45.4 Å². The summed E-state index contributed by atoms with van der Waals surface area (Å²) < 4.78 is 10.2. The largest absolute Gasteiger partial charge is 0.390 e. The molecule has 0 fully saturated rings. The van der Waals surface area contributed by atoms with Crippen LogP contribution in [0.4, 0.5) is 5.82 Å². The van der Waals surface area contributed by atoms with Crippen molar-refractivity contribution >= 4 is 17.4 Å². The summed E-state index contributed by atoms with van der Waals surface area (Å²) in [5.41, 5.74) is 0.494. The van der Waals surface area contributed by atoms with Gasteiger partial charge in [-0.05, 0) is 18.6 Å². The third-order valence-corrected chi connectivity index (χ3v) is 3.06. The molecule has 0 saturated heterocycles. The van der Waals surface area contributed by atoms with Gasteiger partial charge in [0, 0.05) is 33.9 Å². The number of aliphatic hydroxyl groups excluding tert-OH is 1. The van der Waals surface area contributed by atoms with Crippen LogP contribution in [0.1, 0.15) is 12.1 Å². The van der Waals surface area contributed by atoms with Crippen LogP contribution in [0.5, 0.6) is 0 Å². The Labute approximate surface area is 119 Å². The molecule has 0 aromatic carbocycles. The lowest BCUT2D eigenvalue weighted by atomic mass is 10.3. The summed E-state index contributed by atoms with van der Waals surface area (Å²) in [5.74, 6) is 0.793. The van der Waals surface area contributed by atoms with E-state index < -0.39 is 0 Å². The number of methoxy groups -OCH3 is 2. The number of aliphatic hydroxyl groups is 1. The van der Waals surface area contributed by atoms with E-state index in [2.05, 4.69) is 9.88 Å². The Hall–Kier alpha value is -0.880. The second-order valence-corrected chi connectivity index (χ2v) is 4.49. The predicted molar refractivity (Wildman–Crippen MR) is 75.8 cm³/mol. The molecule has 0 bridgehead atoms. The average molecular weight is 289 g/mol. The van der Waals surface area contributed by atoms with Crippen LogP contribution < -0.4 is 4.90 Å². The van der Waals surface area contributed by atoms with Crippen LogP contribution in [0.3, 0.4) is 0 Å². The standard InChI is InChI=1S/C13H21ClN2O3/c1-18-8-3-6-16(7-9-19-2)13-5-4-11(14)12(10-17)15-13/h4-5,17H,3,6-10H2,1-2H3. The normalized spacial score (nSPS) is 10.7. The second-order valence-electron chi connectivity index (χ2n) is 4.08. The number of ether oxygens (including phenoxy) is 2. The first-order valence-electron chi connectivity index (χ1n) is 6.22. The van der Waals surface area contributed by atoms with Crippen molar-refractivity contribution in [3.63, 3.8) is 0 Å². The van der Waals surface area contributed by atoms with Gasteiger partial charge in [-0.2, -0.15) is 0 Å². The van der Waals surface area contributed by atoms with Crippen molar-refractivity contribution in [3.05, 3.63) is 22.8 Å². The Morgan fingerprint density at radius 3 is 2.58 bits per heavy atom. The third kappa shape index (κ3) is 5.32. The first-order valence-corrected chi connectivity index (χ1v) is 6.59. The first-order chi connectivity index (χ1) is 9.22. The Morgan fingerprint density at radius 1 is 1.21 bits per heavy atom. The topological polar surface area (TPSA) is 54.8 Å². The molecule has 0 amide bonds. The molecule has 0 atom stereocenters. The van der Waals surface area contributed by atoms with Crippen LogP contribution >= 0.6 is 11.6 Å². The fourth-order valence-corrected chi connectivity index (χ4v) is 1.87. The van der Waals surface area contributed by atoms with E-state index in [1.54, 1.807) is 20.3 Å². The van der Waals surface area contributed by atoms with E-state index in [0.29, 0.717) is 23.9 Å². The van der Waals surface area contributed by atoms with E-state index in [4.69, 9.17) is 21.1 Å². The van der Waals surface area contributed by atoms with Crippen LogP contribution in [-0.4, -0.2) is 50.6 Å².